The van der Waals surface area contributed by atoms with Gasteiger partial charge in [-0.25, -0.2) is 9.97 Å². The van der Waals surface area contributed by atoms with Crippen molar-refractivity contribution < 1.29 is 4.74 Å². The van der Waals surface area contributed by atoms with E-state index in [0.29, 0.717) is 6.04 Å². The van der Waals surface area contributed by atoms with Crippen LogP contribution in [-0.2, 0) is 11.2 Å². The molecule has 3 rings (SSSR count). The normalized spacial score (nSPS) is 17.6. The molecular formula is C16H24N4O. The number of hydrogen-bond donors (Lipinski definition) is 0. The van der Waals surface area contributed by atoms with Gasteiger partial charge in [0.25, 0.3) is 0 Å². The second kappa shape index (κ2) is 6.54. The number of likely N-dealkylation sites (tertiary alicyclic amines) is 1. The van der Waals surface area contributed by atoms with Gasteiger partial charge in [-0.3, -0.25) is 0 Å². The molecule has 0 aliphatic carbocycles. The first-order valence-corrected chi connectivity index (χ1v) is 7.79. The number of imidazole rings is 1. The molecule has 0 amide bonds. The number of nitrogens with zero attached hydrogens (tertiary/aromatic N) is 4. The number of fused-ring (bicyclic) bond motifs is 1. The first kappa shape index (κ1) is 14.5. The first-order valence-electron chi connectivity index (χ1n) is 7.79. The number of piperidine rings is 1. The minimum absolute atomic E-state index is 0.527. The fourth-order valence-electron chi connectivity index (χ4n) is 3.16. The molecule has 1 saturated heterocycles. The van der Waals surface area contributed by atoms with Gasteiger partial charge in [0.05, 0.1) is 0 Å². The average Bonchev–Trinajstić information content (AvgIpc) is 2.87. The molecule has 0 aromatic carbocycles. The zero-order valence-electron chi connectivity index (χ0n) is 13.0. The van der Waals surface area contributed by atoms with Crippen molar-refractivity contribution in [2.24, 2.45) is 0 Å². The highest BCUT2D eigenvalue weighted by molar-refractivity contribution is 5.71. The van der Waals surface area contributed by atoms with E-state index in [4.69, 9.17) is 9.72 Å². The number of hydrogen-bond acceptors (Lipinski definition) is 4. The predicted molar refractivity (Wildman–Crippen MR) is 83.5 cm³/mol. The van der Waals surface area contributed by atoms with Gasteiger partial charge < -0.3 is 14.2 Å². The van der Waals surface area contributed by atoms with E-state index in [2.05, 4.69) is 27.6 Å². The van der Waals surface area contributed by atoms with E-state index < -0.39 is 0 Å². The van der Waals surface area contributed by atoms with Crippen LogP contribution in [0.25, 0.3) is 11.2 Å². The molecular weight excluding hydrogens is 264 g/mol. The lowest BCUT2D eigenvalue weighted by Gasteiger charge is -2.30. The van der Waals surface area contributed by atoms with Crippen LogP contribution in [0.4, 0.5) is 0 Å². The Hall–Kier alpha value is -1.46. The van der Waals surface area contributed by atoms with Gasteiger partial charge in [0, 0.05) is 32.4 Å². The van der Waals surface area contributed by atoms with E-state index in [1.54, 1.807) is 7.11 Å². The quantitative estimate of drug-likeness (QED) is 0.792. The third kappa shape index (κ3) is 3.09. The number of aromatic nitrogens is 3. The van der Waals surface area contributed by atoms with Crippen molar-refractivity contribution in [1.82, 2.24) is 19.4 Å². The van der Waals surface area contributed by atoms with Crippen molar-refractivity contribution in [2.45, 2.75) is 31.7 Å². The van der Waals surface area contributed by atoms with Gasteiger partial charge in [-0.2, -0.15) is 0 Å². The summed E-state index contributed by atoms with van der Waals surface area (Å²) in [5, 5.41) is 0. The molecule has 0 spiro atoms. The van der Waals surface area contributed by atoms with Crippen molar-refractivity contribution >= 4 is 11.2 Å². The molecule has 1 aliphatic heterocycles. The number of rotatable bonds is 5. The van der Waals surface area contributed by atoms with E-state index in [1.807, 2.05) is 12.3 Å². The Labute approximate surface area is 125 Å². The molecule has 0 bridgehead atoms. The third-order valence-electron chi connectivity index (χ3n) is 4.32. The van der Waals surface area contributed by atoms with Gasteiger partial charge >= 0.3 is 0 Å². The van der Waals surface area contributed by atoms with Crippen LogP contribution in [0, 0.1) is 0 Å². The topological polar surface area (TPSA) is 43.2 Å². The van der Waals surface area contributed by atoms with Crippen molar-refractivity contribution in [3.63, 3.8) is 0 Å². The largest absolute Gasteiger partial charge is 0.385 e. The second-order valence-electron chi connectivity index (χ2n) is 5.87. The summed E-state index contributed by atoms with van der Waals surface area (Å²) >= 11 is 0. The summed E-state index contributed by atoms with van der Waals surface area (Å²) in [6.45, 7) is 3.08. The zero-order chi connectivity index (χ0) is 14.7. The van der Waals surface area contributed by atoms with Gasteiger partial charge in [0.1, 0.15) is 11.3 Å². The fraction of sp³-hybridized carbons (Fsp3) is 0.625. The van der Waals surface area contributed by atoms with Crippen molar-refractivity contribution in [2.75, 3.05) is 33.9 Å². The van der Waals surface area contributed by atoms with Crippen LogP contribution < -0.4 is 0 Å². The Balaban J connectivity index is 1.91. The molecule has 1 aliphatic rings. The lowest BCUT2D eigenvalue weighted by atomic mass is 10.0. The first-order chi connectivity index (χ1) is 10.3. The summed E-state index contributed by atoms with van der Waals surface area (Å²) < 4.78 is 7.56. The highest BCUT2D eigenvalue weighted by Gasteiger charge is 2.23. The number of methoxy groups -OCH3 is 1. The number of ether oxygens (including phenoxy) is 1. The lowest BCUT2D eigenvalue weighted by molar-refractivity contribution is 0.192. The Morgan fingerprint density at radius 3 is 2.90 bits per heavy atom. The Kier molecular flexibility index (Phi) is 4.51. The minimum atomic E-state index is 0.527. The van der Waals surface area contributed by atoms with Crippen LogP contribution in [0.2, 0.25) is 0 Å². The van der Waals surface area contributed by atoms with Gasteiger partial charge in [0.2, 0.25) is 0 Å². The molecule has 5 nitrogen and oxygen atoms in total. The smallest absolute Gasteiger partial charge is 0.160 e. The fourth-order valence-corrected chi connectivity index (χ4v) is 3.16. The number of aryl methyl sites for hydroxylation is 1. The Bertz CT molecular complexity index is 587. The molecule has 0 N–H and O–H groups in total. The van der Waals surface area contributed by atoms with E-state index in [0.717, 1.165) is 49.5 Å². The second-order valence-corrected chi connectivity index (χ2v) is 5.87. The van der Waals surface area contributed by atoms with E-state index in [9.17, 15) is 0 Å². The van der Waals surface area contributed by atoms with E-state index in [-0.39, 0.29) is 0 Å². The van der Waals surface area contributed by atoms with Crippen LogP contribution in [-0.4, -0.2) is 53.3 Å². The van der Waals surface area contributed by atoms with Gasteiger partial charge in [-0.15, -0.1) is 0 Å². The van der Waals surface area contributed by atoms with Gasteiger partial charge in [0.15, 0.2) is 5.65 Å². The van der Waals surface area contributed by atoms with Crippen LogP contribution >= 0.6 is 0 Å². The molecule has 21 heavy (non-hydrogen) atoms. The molecule has 2 aromatic heterocycles. The maximum Gasteiger partial charge on any atom is 0.160 e. The van der Waals surface area contributed by atoms with Crippen LogP contribution in [0.1, 0.15) is 31.1 Å². The van der Waals surface area contributed by atoms with Crippen molar-refractivity contribution in [3.8, 4) is 0 Å². The maximum atomic E-state index is 5.18. The van der Waals surface area contributed by atoms with Crippen molar-refractivity contribution in [1.29, 1.82) is 0 Å². The highest BCUT2D eigenvalue weighted by Crippen LogP contribution is 2.27. The van der Waals surface area contributed by atoms with Crippen LogP contribution in [0.5, 0.6) is 0 Å². The monoisotopic (exact) mass is 288 g/mol. The molecule has 0 radical (unpaired) electrons. The molecule has 1 fully saturated rings. The molecule has 3 heterocycles. The average molecular weight is 288 g/mol. The molecule has 0 saturated carbocycles. The zero-order valence-corrected chi connectivity index (χ0v) is 13.0. The summed E-state index contributed by atoms with van der Waals surface area (Å²) in [5.41, 5.74) is 2.06. The molecule has 2 aromatic rings. The standard InChI is InChI=1S/C16H24N4O/c1-19-10-7-13(8-11-19)20-15(6-4-12-21-2)18-14-5-3-9-17-16(14)20/h3,5,9,13H,4,6-8,10-12H2,1-2H3. The molecule has 0 atom stereocenters. The molecule has 5 heteroatoms. The van der Waals surface area contributed by atoms with Crippen LogP contribution in [0.3, 0.4) is 0 Å². The maximum absolute atomic E-state index is 5.18. The Morgan fingerprint density at radius 1 is 1.33 bits per heavy atom. The highest BCUT2D eigenvalue weighted by atomic mass is 16.5. The molecule has 0 unspecified atom stereocenters. The summed E-state index contributed by atoms with van der Waals surface area (Å²) in [6.07, 6.45) is 6.18. The predicted octanol–water partition coefficient (Wildman–Crippen LogP) is 2.28. The Morgan fingerprint density at radius 2 is 2.14 bits per heavy atom. The molecule has 114 valence electrons. The summed E-state index contributed by atoms with van der Waals surface area (Å²) in [4.78, 5) is 11.8. The van der Waals surface area contributed by atoms with Crippen LogP contribution in [0.15, 0.2) is 18.3 Å². The van der Waals surface area contributed by atoms with Crippen molar-refractivity contribution in [3.05, 3.63) is 24.2 Å². The van der Waals surface area contributed by atoms with Gasteiger partial charge in [-0.1, -0.05) is 0 Å². The SMILES string of the molecule is COCCCc1nc2cccnc2n1C1CCN(C)CC1. The third-order valence-corrected chi connectivity index (χ3v) is 4.32. The summed E-state index contributed by atoms with van der Waals surface area (Å²) in [5.74, 6) is 1.16. The van der Waals surface area contributed by atoms with E-state index >= 15 is 0 Å². The van der Waals surface area contributed by atoms with E-state index in [1.165, 1.54) is 12.8 Å². The summed E-state index contributed by atoms with van der Waals surface area (Å²) in [6, 6.07) is 4.56. The minimum Gasteiger partial charge on any atom is -0.385 e. The summed E-state index contributed by atoms with van der Waals surface area (Å²) in [7, 11) is 3.95. The number of pyridine rings is 1. The lowest BCUT2D eigenvalue weighted by Crippen LogP contribution is -2.32. The van der Waals surface area contributed by atoms with Gasteiger partial charge in [-0.05, 0) is 51.5 Å².